The summed E-state index contributed by atoms with van der Waals surface area (Å²) in [5.74, 6) is -0.827. The molecule has 5 heteroatoms. The summed E-state index contributed by atoms with van der Waals surface area (Å²) in [4.78, 5) is 27.3. The van der Waals surface area contributed by atoms with E-state index in [-0.39, 0.29) is 18.5 Å². The van der Waals surface area contributed by atoms with Gasteiger partial charge in [-0.2, -0.15) is 0 Å². The molecule has 2 fully saturated rings. The van der Waals surface area contributed by atoms with E-state index in [1.165, 1.54) is 6.42 Å². The average Bonchev–Trinajstić information content (AvgIpc) is 3.24. The second-order valence-electron chi connectivity index (χ2n) is 5.98. The predicted octanol–water partition coefficient (Wildman–Crippen LogP) is 2.70. The maximum absolute atomic E-state index is 12.7. The number of carbonyl (C=O) groups excluding carboxylic acids is 1. The molecular weight excluding hydrogens is 256 g/mol. The van der Waals surface area contributed by atoms with Crippen molar-refractivity contribution in [2.24, 2.45) is 0 Å². The zero-order valence-corrected chi connectivity index (χ0v) is 12.4. The molecule has 1 saturated carbocycles. The summed E-state index contributed by atoms with van der Waals surface area (Å²) >= 11 is 0. The zero-order valence-electron chi connectivity index (χ0n) is 12.4. The van der Waals surface area contributed by atoms with Crippen molar-refractivity contribution in [1.82, 2.24) is 9.80 Å². The van der Waals surface area contributed by atoms with Gasteiger partial charge in [0.25, 0.3) is 0 Å². The van der Waals surface area contributed by atoms with Crippen molar-refractivity contribution in [1.29, 1.82) is 0 Å². The van der Waals surface area contributed by atoms with Crippen molar-refractivity contribution >= 4 is 12.0 Å². The van der Waals surface area contributed by atoms with Crippen LogP contribution in [0.1, 0.15) is 58.3 Å². The third kappa shape index (κ3) is 3.87. The summed E-state index contributed by atoms with van der Waals surface area (Å²) < 4.78 is 0. The highest BCUT2D eigenvalue weighted by Gasteiger charge is 2.37. The lowest BCUT2D eigenvalue weighted by Crippen LogP contribution is -2.51. The minimum atomic E-state index is -0.827. The molecule has 1 heterocycles. The van der Waals surface area contributed by atoms with Crippen LogP contribution in [0.25, 0.3) is 0 Å². The van der Waals surface area contributed by atoms with Crippen molar-refractivity contribution in [3.8, 4) is 0 Å². The first kappa shape index (κ1) is 15.1. The molecule has 0 aromatic carbocycles. The highest BCUT2D eigenvalue weighted by Crippen LogP contribution is 2.30. The number of rotatable bonds is 6. The number of piperidine rings is 1. The van der Waals surface area contributed by atoms with Gasteiger partial charge in [-0.3, -0.25) is 4.79 Å². The number of likely N-dealkylation sites (tertiary alicyclic amines) is 1. The van der Waals surface area contributed by atoms with Gasteiger partial charge in [-0.25, -0.2) is 4.79 Å². The van der Waals surface area contributed by atoms with Crippen LogP contribution in [0, 0.1) is 0 Å². The summed E-state index contributed by atoms with van der Waals surface area (Å²) in [7, 11) is 0. The van der Waals surface area contributed by atoms with E-state index in [0.29, 0.717) is 12.6 Å². The topological polar surface area (TPSA) is 60.9 Å². The van der Waals surface area contributed by atoms with E-state index in [1.807, 2.05) is 9.80 Å². The minimum Gasteiger partial charge on any atom is -0.481 e. The Hall–Kier alpha value is -1.26. The molecule has 114 valence electrons. The molecule has 5 nitrogen and oxygen atoms in total. The van der Waals surface area contributed by atoms with Crippen molar-refractivity contribution < 1.29 is 14.7 Å². The van der Waals surface area contributed by atoms with Gasteiger partial charge in [0.2, 0.25) is 0 Å². The monoisotopic (exact) mass is 282 g/mol. The number of nitrogens with zero attached hydrogens (tertiary/aromatic N) is 2. The van der Waals surface area contributed by atoms with Gasteiger partial charge in [-0.1, -0.05) is 13.3 Å². The van der Waals surface area contributed by atoms with Crippen LogP contribution in [-0.2, 0) is 4.79 Å². The summed E-state index contributed by atoms with van der Waals surface area (Å²) in [6.07, 6.45) is 7.62. The third-order valence-electron chi connectivity index (χ3n) is 4.29. The van der Waals surface area contributed by atoms with Gasteiger partial charge < -0.3 is 14.9 Å². The van der Waals surface area contributed by atoms with Gasteiger partial charge in [0.15, 0.2) is 0 Å². The lowest BCUT2D eigenvalue weighted by molar-refractivity contribution is -0.137. The van der Waals surface area contributed by atoms with E-state index >= 15 is 0 Å². The van der Waals surface area contributed by atoms with Crippen LogP contribution < -0.4 is 0 Å². The molecule has 0 radical (unpaired) electrons. The predicted molar refractivity (Wildman–Crippen MR) is 76.6 cm³/mol. The van der Waals surface area contributed by atoms with Gasteiger partial charge >= 0.3 is 12.0 Å². The standard InChI is InChI=1S/C15H26N2O3/c1-2-5-12-6-3-4-10-16(12)15(20)17(13-7-8-13)11-9-14(18)19/h12-13H,2-11H2,1H3,(H,18,19). The van der Waals surface area contributed by atoms with Crippen molar-refractivity contribution in [3.63, 3.8) is 0 Å². The number of amides is 2. The Balaban J connectivity index is 1.99. The summed E-state index contributed by atoms with van der Waals surface area (Å²) in [6, 6.07) is 0.713. The Bertz CT molecular complexity index is 353. The molecule has 1 saturated heterocycles. The van der Waals surface area contributed by atoms with Crippen molar-refractivity contribution in [2.45, 2.75) is 70.4 Å². The normalized spacial score (nSPS) is 22.6. The smallest absolute Gasteiger partial charge is 0.320 e. The summed E-state index contributed by atoms with van der Waals surface area (Å²) in [6.45, 7) is 3.34. The maximum Gasteiger partial charge on any atom is 0.320 e. The Kier molecular flexibility index (Phi) is 5.26. The van der Waals surface area contributed by atoms with E-state index in [0.717, 1.165) is 45.1 Å². The first-order valence-corrected chi connectivity index (χ1v) is 7.92. The molecule has 2 aliphatic rings. The molecular formula is C15H26N2O3. The van der Waals surface area contributed by atoms with Crippen LogP contribution in [0.15, 0.2) is 0 Å². The van der Waals surface area contributed by atoms with E-state index in [2.05, 4.69) is 6.92 Å². The molecule has 0 bridgehead atoms. The number of hydrogen-bond acceptors (Lipinski definition) is 2. The Morgan fingerprint density at radius 1 is 1.25 bits per heavy atom. The second kappa shape index (κ2) is 6.95. The number of aliphatic carboxylic acids is 1. The van der Waals surface area contributed by atoms with Crippen LogP contribution in [0.2, 0.25) is 0 Å². The molecule has 0 aromatic heterocycles. The minimum absolute atomic E-state index is 0.0501. The fourth-order valence-electron chi connectivity index (χ4n) is 3.09. The van der Waals surface area contributed by atoms with E-state index in [9.17, 15) is 9.59 Å². The summed E-state index contributed by atoms with van der Waals surface area (Å²) in [5.41, 5.74) is 0. The van der Waals surface area contributed by atoms with Gasteiger partial charge in [-0.15, -0.1) is 0 Å². The van der Waals surface area contributed by atoms with E-state index < -0.39 is 5.97 Å². The van der Waals surface area contributed by atoms with Crippen molar-refractivity contribution in [3.05, 3.63) is 0 Å². The van der Waals surface area contributed by atoms with Crippen LogP contribution in [0.3, 0.4) is 0 Å². The van der Waals surface area contributed by atoms with Gasteiger partial charge in [0, 0.05) is 25.2 Å². The van der Waals surface area contributed by atoms with E-state index in [1.54, 1.807) is 0 Å². The molecule has 1 N–H and O–H groups in total. The second-order valence-corrected chi connectivity index (χ2v) is 5.98. The SMILES string of the molecule is CCCC1CCCCN1C(=O)N(CCC(=O)O)C1CC1. The lowest BCUT2D eigenvalue weighted by Gasteiger charge is -2.39. The molecule has 2 amide bonds. The molecule has 1 atom stereocenters. The first-order chi connectivity index (χ1) is 9.63. The molecule has 1 aliphatic carbocycles. The van der Waals surface area contributed by atoms with Crippen LogP contribution in [-0.4, -0.2) is 52.1 Å². The fraction of sp³-hybridized carbons (Fsp3) is 0.867. The van der Waals surface area contributed by atoms with Crippen LogP contribution in [0.5, 0.6) is 0 Å². The van der Waals surface area contributed by atoms with Crippen molar-refractivity contribution in [2.75, 3.05) is 13.1 Å². The number of carboxylic acids is 1. The van der Waals surface area contributed by atoms with Crippen LogP contribution >= 0.6 is 0 Å². The third-order valence-corrected chi connectivity index (χ3v) is 4.29. The Morgan fingerprint density at radius 3 is 2.60 bits per heavy atom. The number of hydrogen-bond donors (Lipinski definition) is 1. The van der Waals surface area contributed by atoms with Gasteiger partial charge in [0.1, 0.15) is 0 Å². The number of carbonyl (C=O) groups is 2. The Morgan fingerprint density at radius 2 is 2.00 bits per heavy atom. The summed E-state index contributed by atoms with van der Waals surface area (Å²) in [5, 5.41) is 8.84. The maximum atomic E-state index is 12.7. The molecule has 20 heavy (non-hydrogen) atoms. The van der Waals surface area contributed by atoms with Gasteiger partial charge in [-0.05, 0) is 38.5 Å². The molecule has 0 aromatic rings. The molecule has 0 spiro atoms. The molecule has 2 rings (SSSR count). The molecule has 1 aliphatic heterocycles. The average molecular weight is 282 g/mol. The first-order valence-electron chi connectivity index (χ1n) is 7.92. The quantitative estimate of drug-likeness (QED) is 0.814. The largest absolute Gasteiger partial charge is 0.481 e. The fourth-order valence-corrected chi connectivity index (χ4v) is 3.09. The van der Waals surface area contributed by atoms with Gasteiger partial charge in [0.05, 0.1) is 6.42 Å². The highest BCUT2D eigenvalue weighted by molar-refractivity contribution is 5.76. The number of carboxylic acid groups (broad SMARTS) is 1. The van der Waals surface area contributed by atoms with Crippen LogP contribution in [0.4, 0.5) is 4.79 Å². The molecule has 1 unspecified atom stereocenters. The number of urea groups is 1. The van der Waals surface area contributed by atoms with E-state index in [4.69, 9.17) is 5.11 Å². The zero-order chi connectivity index (χ0) is 14.5. The lowest BCUT2D eigenvalue weighted by atomic mass is 9.98. The Labute approximate surface area is 120 Å². The highest BCUT2D eigenvalue weighted by atomic mass is 16.4.